The fourth-order valence-electron chi connectivity index (χ4n) is 4.63. The molecule has 1 aliphatic heterocycles. The number of fused-ring (bicyclic) bond motifs is 1. The average Bonchev–Trinajstić information content (AvgIpc) is 3.08. The molecule has 1 fully saturated rings. The third-order valence-corrected chi connectivity index (χ3v) is 6.43. The Morgan fingerprint density at radius 3 is 2.41 bits per heavy atom. The first-order valence-corrected chi connectivity index (χ1v) is 11.3. The quantitative estimate of drug-likeness (QED) is 0.403. The predicted octanol–water partition coefficient (Wildman–Crippen LogP) is 4.43. The fourth-order valence-corrected chi connectivity index (χ4v) is 4.63. The van der Waals surface area contributed by atoms with Gasteiger partial charge in [-0.3, -0.25) is 0 Å². The molecule has 4 rings (SSSR count). The van der Waals surface area contributed by atoms with Crippen molar-refractivity contribution in [2.75, 3.05) is 39.8 Å². The summed E-state index contributed by atoms with van der Waals surface area (Å²) in [5, 5.41) is 4.76. The first-order chi connectivity index (χ1) is 15.2. The van der Waals surface area contributed by atoms with E-state index in [9.17, 15) is 4.79 Å². The molecule has 2 aromatic carbocycles. The van der Waals surface area contributed by atoms with Crippen LogP contribution in [0.3, 0.4) is 0 Å². The second kappa shape index (κ2) is 11.5. The van der Waals surface area contributed by atoms with Crippen molar-refractivity contribution in [1.29, 1.82) is 0 Å². The summed E-state index contributed by atoms with van der Waals surface area (Å²) in [4.78, 5) is 14.3. The summed E-state index contributed by atoms with van der Waals surface area (Å²) < 4.78 is 7.30. The van der Waals surface area contributed by atoms with E-state index in [1.54, 1.807) is 0 Å². The van der Waals surface area contributed by atoms with Crippen LogP contribution in [0.2, 0.25) is 0 Å². The van der Waals surface area contributed by atoms with Gasteiger partial charge < -0.3 is 19.5 Å². The smallest absolute Gasteiger partial charge is 0.337 e. The first kappa shape index (κ1) is 24.3. The first-order valence-electron chi connectivity index (χ1n) is 11.3. The Kier molecular flexibility index (Phi) is 8.74. The standard InChI is InChI=1S/C26H33N3O2.ClH/c1-20-24(19-21-9-11-22(12-10-21)26(30)31-2)23-7-3-4-8-25(23)29(20)16-6-5-15-28-17-13-27-14-18-28;/h3-4,7-12,27H,5-6,13-19H2,1-2H3;1H. The van der Waals surface area contributed by atoms with Gasteiger partial charge in [0.05, 0.1) is 12.7 Å². The Morgan fingerprint density at radius 2 is 1.69 bits per heavy atom. The molecule has 0 saturated carbocycles. The third kappa shape index (κ3) is 5.52. The molecule has 0 amide bonds. The van der Waals surface area contributed by atoms with Gasteiger partial charge in [-0.25, -0.2) is 4.79 Å². The van der Waals surface area contributed by atoms with E-state index in [0.29, 0.717) is 5.56 Å². The lowest BCUT2D eigenvalue weighted by atomic mass is 10.0. The SMILES string of the molecule is COC(=O)c1ccc(Cc2c(C)n(CCCCN3CCNCC3)c3ccccc23)cc1.Cl. The Hall–Kier alpha value is -2.34. The van der Waals surface area contributed by atoms with Crippen LogP contribution in [0.1, 0.15) is 40.0 Å². The van der Waals surface area contributed by atoms with Crippen molar-refractivity contribution in [3.63, 3.8) is 0 Å². The molecular weight excluding hydrogens is 422 g/mol. The molecule has 0 atom stereocenters. The zero-order valence-corrected chi connectivity index (χ0v) is 19.9. The number of nitrogens with one attached hydrogen (secondary N) is 1. The van der Waals surface area contributed by atoms with Crippen LogP contribution >= 0.6 is 12.4 Å². The number of piperazine rings is 1. The summed E-state index contributed by atoms with van der Waals surface area (Å²) in [7, 11) is 1.41. The average molecular weight is 456 g/mol. The second-order valence-electron chi connectivity index (χ2n) is 8.40. The number of para-hydroxylation sites is 1. The van der Waals surface area contributed by atoms with E-state index in [-0.39, 0.29) is 18.4 Å². The Bertz CT molecular complexity index is 1020. The fraction of sp³-hybridized carbons (Fsp3) is 0.423. The predicted molar refractivity (Wildman–Crippen MR) is 133 cm³/mol. The summed E-state index contributed by atoms with van der Waals surface area (Å²) in [6.07, 6.45) is 3.29. The van der Waals surface area contributed by atoms with Gasteiger partial charge in [-0.1, -0.05) is 30.3 Å². The van der Waals surface area contributed by atoms with E-state index >= 15 is 0 Å². The maximum Gasteiger partial charge on any atom is 0.337 e. The van der Waals surface area contributed by atoms with Gasteiger partial charge in [-0.2, -0.15) is 0 Å². The number of carbonyl (C=O) groups excluding carboxylic acids is 1. The number of aromatic nitrogens is 1. The lowest BCUT2D eigenvalue weighted by molar-refractivity contribution is 0.0600. The van der Waals surface area contributed by atoms with Crippen LogP contribution in [0.5, 0.6) is 0 Å². The van der Waals surface area contributed by atoms with Gasteiger partial charge in [0.1, 0.15) is 0 Å². The number of esters is 1. The topological polar surface area (TPSA) is 46.5 Å². The molecule has 1 aliphatic rings. The van der Waals surface area contributed by atoms with Gasteiger partial charge in [0.15, 0.2) is 0 Å². The summed E-state index contributed by atoms with van der Waals surface area (Å²) in [6.45, 7) is 9.07. The molecule has 0 bridgehead atoms. The zero-order chi connectivity index (χ0) is 21.6. The molecule has 1 aromatic heterocycles. The van der Waals surface area contributed by atoms with Crippen molar-refractivity contribution < 1.29 is 9.53 Å². The Balaban J connectivity index is 0.00000289. The zero-order valence-electron chi connectivity index (χ0n) is 19.1. The summed E-state index contributed by atoms with van der Waals surface area (Å²) in [5.41, 5.74) is 5.85. The van der Waals surface area contributed by atoms with Crippen LogP contribution in [-0.2, 0) is 17.7 Å². The summed E-state index contributed by atoms with van der Waals surface area (Å²) >= 11 is 0. The minimum Gasteiger partial charge on any atom is -0.465 e. The van der Waals surface area contributed by atoms with E-state index in [0.717, 1.165) is 26.1 Å². The minimum atomic E-state index is -0.292. The lowest BCUT2D eigenvalue weighted by Gasteiger charge is -2.27. The molecule has 32 heavy (non-hydrogen) atoms. The van der Waals surface area contributed by atoms with Gasteiger partial charge in [0, 0.05) is 49.3 Å². The van der Waals surface area contributed by atoms with Gasteiger partial charge in [-0.15, -0.1) is 12.4 Å². The molecule has 3 aromatic rings. The number of nitrogens with zero attached hydrogens (tertiary/aromatic N) is 2. The maximum absolute atomic E-state index is 11.7. The normalized spacial score (nSPS) is 14.3. The number of benzene rings is 2. The molecule has 0 radical (unpaired) electrons. The summed E-state index contributed by atoms with van der Waals surface area (Å²) in [5.74, 6) is -0.292. The van der Waals surface area contributed by atoms with Crippen LogP contribution < -0.4 is 5.32 Å². The molecule has 1 N–H and O–H groups in total. The van der Waals surface area contributed by atoms with Crippen molar-refractivity contribution in [3.05, 3.63) is 70.9 Å². The monoisotopic (exact) mass is 455 g/mol. The van der Waals surface area contributed by atoms with E-state index in [2.05, 4.69) is 46.0 Å². The van der Waals surface area contributed by atoms with Crippen LogP contribution in [0.4, 0.5) is 0 Å². The van der Waals surface area contributed by atoms with Crippen molar-refractivity contribution in [2.45, 2.75) is 32.7 Å². The molecule has 1 saturated heterocycles. The molecular formula is C26H34ClN3O2. The number of methoxy groups -OCH3 is 1. The molecule has 6 heteroatoms. The highest BCUT2D eigenvalue weighted by Gasteiger charge is 2.15. The molecule has 5 nitrogen and oxygen atoms in total. The molecule has 0 spiro atoms. The third-order valence-electron chi connectivity index (χ3n) is 6.43. The highest BCUT2D eigenvalue weighted by molar-refractivity contribution is 5.89. The van der Waals surface area contributed by atoms with Crippen LogP contribution in [0, 0.1) is 6.92 Å². The molecule has 2 heterocycles. The maximum atomic E-state index is 11.7. The molecule has 0 unspecified atom stereocenters. The number of hydrogen-bond donors (Lipinski definition) is 1. The number of rotatable bonds is 8. The van der Waals surface area contributed by atoms with Crippen molar-refractivity contribution in [2.24, 2.45) is 0 Å². The number of carbonyl (C=O) groups is 1. The largest absolute Gasteiger partial charge is 0.465 e. The van der Waals surface area contributed by atoms with Gasteiger partial charge >= 0.3 is 5.97 Å². The lowest BCUT2D eigenvalue weighted by Crippen LogP contribution is -2.43. The minimum absolute atomic E-state index is 0. The van der Waals surface area contributed by atoms with Gasteiger partial charge in [0.25, 0.3) is 0 Å². The van der Waals surface area contributed by atoms with Crippen LogP contribution in [-0.4, -0.2) is 55.3 Å². The van der Waals surface area contributed by atoms with Gasteiger partial charge in [-0.05, 0) is 62.1 Å². The molecule has 0 aliphatic carbocycles. The van der Waals surface area contributed by atoms with E-state index in [1.807, 2.05) is 24.3 Å². The Morgan fingerprint density at radius 1 is 1.00 bits per heavy atom. The van der Waals surface area contributed by atoms with Crippen molar-refractivity contribution in [1.82, 2.24) is 14.8 Å². The highest BCUT2D eigenvalue weighted by atomic mass is 35.5. The Labute approximate surface area is 197 Å². The number of unbranched alkanes of at least 4 members (excludes halogenated alkanes) is 1. The van der Waals surface area contributed by atoms with E-state index < -0.39 is 0 Å². The summed E-state index contributed by atoms with van der Waals surface area (Å²) in [6, 6.07) is 16.5. The van der Waals surface area contributed by atoms with Crippen LogP contribution in [0.25, 0.3) is 10.9 Å². The highest BCUT2D eigenvalue weighted by Crippen LogP contribution is 2.28. The van der Waals surface area contributed by atoms with E-state index in [4.69, 9.17) is 4.74 Å². The van der Waals surface area contributed by atoms with Gasteiger partial charge in [0.2, 0.25) is 0 Å². The van der Waals surface area contributed by atoms with E-state index in [1.165, 1.54) is 67.3 Å². The van der Waals surface area contributed by atoms with Crippen molar-refractivity contribution in [3.8, 4) is 0 Å². The number of aryl methyl sites for hydroxylation is 1. The number of hydrogen-bond acceptors (Lipinski definition) is 4. The number of halogens is 1. The van der Waals surface area contributed by atoms with Crippen molar-refractivity contribution >= 4 is 29.3 Å². The van der Waals surface area contributed by atoms with Crippen LogP contribution in [0.15, 0.2) is 48.5 Å². The number of ether oxygens (including phenoxy) is 1. The molecule has 172 valence electrons. The second-order valence-corrected chi connectivity index (χ2v) is 8.40.